The minimum absolute atomic E-state index is 0.1000. The average Bonchev–Trinajstić information content (AvgIpc) is 2.39. The number of phenolic OH excluding ortho intramolecular Hbond substituents is 1. The molecule has 4 bridgehead atoms. The Morgan fingerprint density at radius 3 is 2.10 bits per heavy atom. The summed E-state index contributed by atoms with van der Waals surface area (Å²) in [7, 11) is 0. The number of rotatable bonds is 3. The van der Waals surface area contributed by atoms with Crippen molar-refractivity contribution in [2.24, 2.45) is 17.8 Å². The second-order valence-corrected chi connectivity index (χ2v) is 7.59. The van der Waals surface area contributed by atoms with Gasteiger partial charge >= 0.3 is 0 Å². The van der Waals surface area contributed by atoms with Crippen LogP contribution in [-0.4, -0.2) is 16.6 Å². The fraction of sp³-hybridized carbons (Fsp3) is 0.611. The van der Waals surface area contributed by atoms with E-state index in [1.165, 1.54) is 38.5 Å². The number of hydrogen-bond acceptors (Lipinski definition) is 2. The normalized spacial score (nSPS) is 36.7. The summed E-state index contributed by atoms with van der Waals surface area (Å²) in [5.74, 6) is 2.95. The average molecular weight is 285 g/mol. The Labute approximate surface area is 125 Å². The van der Waals surface area contributed by atoms with Gasteiger partial charge in [-0.3, -0.25) is 4.79 Å². The SMILES string of the molecule is O=C(Cc1ccc(O)cc1)NC12CC3CC(CC(C3)C1)C2. The van der Waals surface area contributed by atoms with Gasteiger partial charge in [-0.05, 0) is 74.0 Å². The van der Waals surface area contributed by atoms with Crippen molar-refractivity contribution >= 4 is 5.91 Å². The second kappa shape index (κ2) is 4.75. The van der Waals surface area contributed by atoms with Crippen molar-refractivity contribution in [3.05, 3.63) is 29.8 Å². The van der Waals surface area contributed by atoms with Crippen molar-refractivity contribution in [1.29, 1.82) is 0 Å². The van der Waals surface area contributed by atoms with Crippen LogP contribution in [0.5, 0.6) is 5.75 Å². The quantitative estimate of drug-likeness (QED) is 0.897. The van der Waals surface area contributed by atoms with E-state index in [0.29, 0.717) is 6.42 Å². The Balaban J connectivity index is 1.43. The van der Waals surface area contributed by atoms with Crippen LogP contribution in [0.2, 0.25) is 0 Å². The predicted octanol–water partition coefficient (Wildman–Crippen LogP) is 3.02. The maximum atomic E-state index is 12.4. The maximum absolute atomic E-state index is 12.4. The van der Waals surface area contributed by atoms with E-state index in [4.69, 9.17) is 0 Å². The third-order valence-electron chi connectivity index (χ3n) is 5.74. The van der Waals surface area contributed by atoms with Gasteiger partial charge in [0.15, 0.2) is 0 Å². The van der Waals surface area contributed by atoms with Crippen molar-refractivity contribution in [2.75, 3.05) is 0 Å². The predicted molar refractivity (Wildman–Crippen MR) is 80.9 cm³/mol. The molecule has 2 N–H and O–H groups in total. The Bertz CT molecular complexity index is 514. The first-order chi connectivity index (χ1) is 10.1. The lowest BCUT2D eigenvalue weighted by atomic mass is 9.53. The van der Waals surface area contributed by atoms with Crippen LogP contribution in [0.25, 0.3) is 0 Å². The van der Waals surface area contributed by atoms with E-state index in [1.807, 2.05) is 12.1 Å². The minimum Gasteiger partial charge on any atom is -0.508 e. The standard InChI is InChI=1S/C18H23NO2/c20-16-3-1-12(2-4-16)8-17(21)19-18-9-13-5-14(10-18)7-15(6-13)11-18/h1-4,13-15,20H,5-11H2,(H,19,21). The number of aromatic hydroxyl groups is 1. The van der Waals surface area contributed by atoms with Crippen molar-refractivity contribution in [1.82, 2.24) is 5.32 Å². The fourth-order valence-corrected chi connectivity index (χ4v) is 5.40. The molecule has 21 heavy (non-hydrogen) atoms. The second-order valence-electron chi connectivity index (χ2n) is 7.59. The van der Waals surface area contributed by atoms with Crippen molar-refractivity contribution < 1.29 is 9.90 Å². The highest BCUT2D eigenvalue weighted by Gasteiger charge is 2.51. The van der Waals surface area contributed by atoms with E-state index >= 15 is 0 Å². The molecule has 3 heteroatoms. The lowest BCUT2D eigenvalue weighted by Gasteiger charge is -2.56. The number of carbonyl (C=O) groups is 1. The van der Waals surface area contributed by atoms with Crippen LogP contribution in [-0.2, 0) is 11.2 Å². The maximum Gasteiger partial charge on any atom is 0.224 e. The van der Waals surface area contributed by atoms with Crippen LogP contribution in [0.3, 0.4) is 0 Å². The van der Waals surface area contributed by atoms with E-state index in [9.17, 15) is 9.90 Å². The molecule has 0 saturated heterocycles. The molecule has 4 saturated carbocycles. The summed E-state index contributed by atoms with van der Waals surface area (Å²) in [6.45, 7) is 0. The summed E-state index contributed by atoms with van der Waals surface area (Å²) in [5, 5.41) is 12.7. The number of hydrogen-bond donors (Lipinski definition) is 2. The molecule has 0 atom stereocenters. The molecule has 0 spiro atoms. The van der Waals surface area contributed by atoms with Gasteiger partial charge in [-0.1, -0.05) is 12.1 Å². The molecular formula is C18H23NO2. The highest BCUT2D eigenvalue weighted by atomic mass is 16.3. The largest absolute Gasteiger partial charge is 0.508 e. The first-order valence-electron chi connectivity index (χ1n) is 8.19. The Kier molecular flexibility index (Phi) is 2.98. The number of carbonyl (C=O) groups excluding carboxylic acids is 1. The van der Waals surface area contributed by atoms with Gasteiger partial charge in [-0.25, -0.2) is 0 Å². The Hall–Kier alpha value is -1.51. The van der Waals surface area contributed by atoms with Gasteiger partial charge < -0.3 is 10.4 Å². The number of benzene rings is 1. The molecule has 0 radical (unpaired) electrons. The molecule has 3 nitrogen and oxygen atoms in total. The molecule has 1 aromatic carbocycles. The van der Waals surface area contributed by atoms with Gasteiger partial charge in [-0.2, -0.15) is 0 Å². The molecule has 5 rings (SSSR count). The van der Waals surface area contributed by atoms with Crippen molar-refractivity contribution in [2.45, 2.75) is 50.5 Å². The van der Waals surface area contributed by atoms with Gasteiger partial charge in [0.2, 0.25) is 5.91 Å². The summed E-state index contributed by atoms with van der Waals surface area (Å²) in [6.07, 6.45) is 8.19. The zero-order valence-corrected chi connectivity index (χ0v) is 12.3. The Morgan fingerprint density at radius 1 is 1.05 bits per heavy atom. The van der Waals surface area contributed by atoms with Crippen LogP contribution in [0, 0.1) is 17.8 Å². The summed E-state index contributed by atoms with van der Waals surface area (Å²) in [4.78, 5) is 12.4. The van der Waals surface area contributed by atoms with Crippen molar-refractivity contribution in [3.63, 3.8) is 0 Å². The molecule has 1 aromatic rings. The highest BCUT2D eigenvalue weighted by Crippen LogP contribution is 2.55. The summed E-state index contributed by atoms with van der Waals surface area (Å²) < 4.78 is 0. The molecular weight excluding hydrogens is 262 g/mol. The monoisotopic (exact) mass is 285 g/mol. The third kappa shape index (κ3) is 2.54. The zero-order valence-electron chi connectivity index (χ0n) is 12.3. The molecule has 4 aliphatic carbocycles. The van der Waals surface area contributed by atoms with E-state index < -0.39 is 0 Å². The minimum atomic E-state index is 0.1000. The molecule has 4 aliphatic rings. The van der Waals surface area contributed by atoms with Gasteiger partial charge in [-0.15, -0.1) is 0 Å². The number of nitrogens with one attached hydrogen (secondary N) is 1. The van der Waals surface area contributed by atoms with Crippen LogP contribution >= 0.6 is 0 Å². The molecule has 0 heterocycles. The topological polar surface area (TPSA) is 49.3 Å². The summed E-state index contributed by atoms with van der Waals surface area (Å²) in [6, 6.07) is 6.95. The molecule has 0 unspecified atom stereocenters. The molecule has 0 aliphatic heterocycles. The van der Waals surface area contributed by atoms with E-state index in [-0.39, 0.29) is 17.2 Å². The molecule has 0 aromatic heterocycles. The smallest absolute Gasteiger partial charge is 0.224 e. The van der Waals surface area contributed by atoms with Crippen LogP contribution < -0.4 is 5.32 Å². The van der Waals surface area contributed by atoms with E-state index in [2.05, 4.69) is 5.32 Å². The number of amides is 1. The molecule has 1 amide bonds. The van der Waals surface area contributed by atoms with Gasteiger partial charge in [0.05, 0.1) is 6.42 Å². The van der Waals surface area contributed by atoms with Gasteiger partial charge in [0.25, 0.3) is 0 Å². The Morgan fingerprint density at radius 2 is 1.57 bits per heavy atom. The molecule has 112 valence electrons. The summed E-state index contributed by atoms with van der Waals surface area (Å²) >= 11 is 0. The third-order valence-corrected chi connectivity index (χ3v) is 5.74. The zero-order chi connectivity index (χ0) is 14.4. The van der Waals surface area contributed by atoms with Crippen LogP contribution in [0.1, 0.15) is 44.1 Å². The van der Waals surface area contributed by atoms with Gasteiger partial charge in [0, 0.05) is 5.54 Å². The molecule has 4 fully saturated rings. The highest BCUT2D eigenvalue weighted by molar-refractivity contribution is 5.79. The van der Waals surface area contributed by atoms with E-state index in [1.54, 1.807) is 12.1 Å². The lowest BCUT2D eigenvalue weighted by Crippen LogP contribution is -2.60. The van der Waals surface area contributed by atoms with Crippen LogP contribution in [0.4, 0.5) is 0 Å². The van der Waals surface area contributed by atoms with E-state index in [0.717, 1.165) is 23.3 Å². The van der Waals surface area contributed by atoms with Gasteiger partial charge in [0.1, 0.15) is 5.75 Å². The fourth-order valence-electron chi connectivity index (χ4n) is 5.40. The lowest BCUT2D eigenvalue weighted by molar-refractivity contribution is -0.126. The number of phenols is 1. The first kappa shape index (κ1) is 13.2. The summed E-state index contributed by atoms with van der Waals surface area (Å²) in [5.41, 5.74) is 1.07. The first-order valence-corrected chi connectivity index (χ1v) is 8.19. The van der Waals surface area contributed by atoms with Crippen molar-refractivity contribution in [3.8, 4) is 5.75 Å². The van der Waals surface area contributed by atoms with Crippen LogP contribution in [0.15, 0.2) is 24.3 Å².